The molecular weight excluding hydrogens is 455 g/mol. The van der Waals surface area contributed by atoms with Crippen LogP contribution in [0.15, 0.2) is 53.3 Å². The Morgan fingerprint density at radius 2 is 1.69 bits per heavy atom. The van der Waals surface area contributed by atoms with Crippen LogP contribution in [0.3, 0.4) is 0 Å². The maximum Gasteiger partial charge on any atom is 0.335 e. The van der Waals surface area contributed by atoms with E-state index >= 15 is 0 Å². The quantitative estimate of drug-likeness (QED) is 0.578. The molecule has 1 amide bonds. The van der Waals surface area contributed by atoms with Crippen molar-refractivity contribution < 1.29 is 19.5 Å². The standard InChI is InChI=1S/C23H16Cl2N2O5/c24-13-3-6-17(25)15(9-13)16-10-21(30)27(18-7-8-19(28)22(16)18)11-20(29)26-14-4-1-12(2-5-14)23(31)32/h1-6,9-10H,7-8,11H2,(H,26,29)(H,31,32). The number of ketones is 1. The van der Waals surface area contributed by atoms with Crippen molar-refractivity contribution in [2.24, 2.45) is 0 Å². The second-order valence-electron chi connectivity index (χ2n) is 7.28. The predicted molar refractivity (Wildman–Crippen MR) is 121 cm³/mol. The summed E-state index contributed by atoms with van der Waals surface area (Å²) in [6.07, 6.45) is 0.554. The molecule has 0 unspecified atom stereocenters. The van der Waals surface area contributed by atoms with Crippen molar-refractivity contribution >= 4 is 46.5 Å². The molecule has 0 fully saturated rings. The van der Waals surface area contributed by atoms with Gasteiger partial charge in [0.1, 0.15) is 6.54 Å². The normalized spacial score (nSPS) is 12.5. The van der Waals surface area contributed by atoms with Crippen LogP contribution in [-0.2, 0) is 17.8 Å². The molecule has 0 spiro atoms. The number of carboxylic acid groups (broad SMARTS) is 1. The molecule has 2 aromatic carbocycles. The van der Waals surface area contributed by atoms with Crippen LogP contribution in [0.5, 0.6) is 0 Å². The smallest absolute Gasteiger partial charge is 0.335 e. The number of carbonyl (C=O) groups excluding carboxylic acids is 2. The maximum atomic E-state index is 12.9. The highest BCUT2D eigenvalue weighted by molar-refractivity contribution is 6.35. The topological polar surface area (TPSA) is 105 Å². The molecule has 0 bridgehead atoms. The summed E-state index contributed by atoms with van der Waals surface area (Å²) >= 11 is 12.4. The molecule has 0 radical (unpaired) electrons. The average molecular weight is 471 g/mol. The van der Waals surface area contributed by atoms with Crippen molar-refractivity contribution in [2.75, 3.05) is 5.32 Å². The molecule has 4 rings (SSSR count). The number of benzene rings is 2. The third-order valence-electron chi connectivity index (χ3n) is 5.22. The number of fused-ring (bicyclic) bond motifs is 1. The zero-order chi connectivity index (χ0) is 23.0. The van der Waals surface area contributed by atoms with Gasteiger partial charge in [0.05, 0.1) is 5.56 Å². The highest BCUT2D eigenvalue weighted by Gasteiger charge is 2.29. The lowest BCUT2D eigenvalue weighted by Crippen LogP contribution is -2.30. The number of carbonyl (C=O) groups is 3. The highest BCUT2D eigenvalue weighted by atomic mass is 35.5. The van der Waals surface area contributed by atoms with E-state index < -0.39 is 17.4 Å². The molecule has 1 aliphatic rings. The molecular formula is C23H16Cl2N2O5. The summed E-state index contributed by atoms with van der Waals surface area (Å²) in [6.45, 7) is -0.293. The van der Waals surface area contributed by atoms with Crippen LogP contribution >= 0.6 is 23.2 Å². The third-order valence-corrected chi connectivity index (χ3v) is 5.79. The summed E-state index contributed by atoms with van der Waals surface area (Å²) in [5.41, 5.74) is 1.77. The number of hydrogen-bond donors (Lipinski definition) is 2. The molecule has 162 valence electrons. The monoisotopic (exact) mass is 470 g/mol. The predicted octanol–water partition coefficient (Wildman–Crippen LogP) is 4.29. The van der Waals surface area contributed by atoms with Gasteiger partial charge in [0, 0.05) is 50.6 Å². The number of pyridine rings is 1. The second-order valence-corrected chi connectivity index (χ2v) is 8.13. The van der Waals surface area contributed by atoms with Gasteiger partial charge in [-0.05, 0) is 48.9 Å². The summed E-state index contributed by atoms with van der Waals surface area (Å²) in [6, 6.07) is 11.8. The molecule has 1 heterocycles. The van der Waals surface area contributed by atoms with E-state index in [1.807, 2.05) is 0 Å². The Morgan fingerprint density at radius 3 is 2.38 bits per heavy atom. The number of nitrogens with zero attached hydrogens (tertiary/aromatic N) is 1. The molecule has 3 aromatic rings. The Balaban J connectivity index is 1.68. The lowest BCUT2D eigenvalue weighted by Gasteiger charge is -2.16. The number of Topliss-reactive ketones (excluding diaryl/α,β-unsaturated/α-hetero) is 1. The van der Waals surface area contributed by atoms with E-state index in [1.54, 1.807) is 18.2 Å². The van der Waals surface area contributed by atoms with Crippen LogP contribution < -0.4 is 10.9 Å². The van der Waals surface area contributed by atoms with Gasteiger partial charge >= 0.3 is 5.97 Å². The summed E-state index contributed by atoms with van der Waals surface area (Å²) in [4.78, 5) is 49.1. The molecule has 1 aromatic heterocycles. The third kappa shape index (κ3) is 4.17. The number of halogens is 2. The first-order valence-electron chi connectivity index (χ1n) is 9.63. The number of aromatic nitrogens is 1. The fraction of sp³-hybridized carbons (Fsp3) is 0.130. The van der Waals surface area contributed by atoms with Crippen LogP contribution in [0, 0.1) is 0 Å². The Morgan fingerprint density at radius 1 is 0.969 bits per heavy atom. The number of aromatic carboxylic acids is 1. The summed E-state index contributed by atoms with van der Waals surface area (Å²) < 4.78 is 1.28. The molecule has 0 saturated carbocycles. The number of rotatable bonds is 5. The molecule has 0 aliphatic heterocycles. The summed E-state index contributed by atoms with van der Waals surface area (Å²) in [5.74, 6) is -1.69. The van der Waals surface area contributed by atoms with Crippen molar-refractivity contribution in [3.8, 4) is 11.1 Å². The van der Waals surface area contributed by atoms with E-state index in [9.17, 15) is 19.2 Å². The van der Waals surface area contributed by atoms with Gasteiger partial charge in [0.25, 0.3) is 5.56 Å². The number of anilines is 1. The van der Waals surface area contributed by atoms with Crippen LogP contribution in [0.1, 0.15) is 32.8 Å². The van der Waals surface area contributed by atoms with E-state index in [4.69, 9.17) is 28.3 Å². The van der Waals surface area contributed by atoms with Crippen LogP contribution in [0.4, 0.5) is 5.69 Å². The molecule has 0 atom stereocenters. The van der Waals surface area contributed by atoms with Gasteiger partial charge in [-0.15, -0.1) is 0 Å². The van der Waals surface area contributed by atoms with E-state index in [-0.39, 0.29) is 24.3 Å². The fourth-order valence-corrected chi connectivity index (χ4v) is 4.15. The van der Waals surface area contributed by atoms with Gasteiger partial charge in [-0.2, -0.15) is 0 Å². The molecule has 2 N–H and O–H groups in total. The lowest BCUT2D eigenvalue weighted by atomic mass is 9.99. The zero-order valence-corrected chi connectivity index (χ0v) is 18.0. The second kappa shape index (κ2) is 8.61. The van der Waals surface area contributed by atoms with E-state index in [2.05, 4.69) is 5.32 Å². The van der Waals surface area contributed by atoms with Gasteiger partial charge < -0.3 is 15.0 Å². The van der Waals surface area contributed by atoms with Crippen molar-refractivity contribution in [3.05, 3.63) is 85.8 Å². The molecule has 7 nitrogen and oxygen atoms in total. The largest absolute Gasteiger partial charge is 0.478 e. The van der Waals surface area contributed by atoms with Gasteiger partial charge in [-0.3, -0.25) is 14.4 Å². The van der Waals surface area contributed by atoms with Crippen LogP contribution in [-0.4, -0.2) is 27.3 Å². The lowest BCUT2D eigenvalue weighted by molar-refractivity contribution is -0.116. The van der Waals surface area contributed by atoms with Crippen molar-refractivity contribution in [1.29, 1.82) is 0 Å². The van der Waals surface area contributed by atoms with Crippen molar-refractivity contribution in [2.45, 2.75) is 19.4 Å². The minimum atomic E-state index is -1.07. The molecule has 32 heavy (non-hydrogen) atoms. The van der Waals surface area contributed by atoms with Crippen LogP contribution in [0.2, 0.25) is 10.0 Å². The number of hydrogen-bond acceptors (Lipinski definition) is 4. The first-order chi connectivity index (χ1) is 15.2. The Labute approximate surface area is 192 Å². The maximum absolute atomic E-state index is 12.9. The summed E-state index contributed by atoms with van der Waals surface area (Å²) in [7, 11) is 0. The fourth-order valence-electron chi connectivity index (χ4n) is 3.75. The number of nitrogens with one attached hydrogen (secondary N) is 1. The van der Waals surface area contributed by atoms with E-state index in [0.29, 0.717) is 44.5 Å². The number of carboxylic acids is 1. The van der Waals surface area contributed by atoms with E-state index in [0.717, 1.165) is 0 Å². The molecule has 9 heteroatoms. The first kappa shape index (κ1) is 21.8. The Kier molecular flexibility index (Phi) is 5.86. The summed E-state index contributed by atoms with van der Waals surface area (Å²) in [5, 5.41) is 12.4. The first-order valence-corrected chi connectivity index (χ1v) is 10.4. The van der Waals surface area contributed by atoms with E-state index in [1.165, 1.54) is 34.9 Å². The number of amides is 1. The van der Waals surface area contributed by atoms with Gasteiger partial charge in [-0.1, -0.05) is 23.2 Å². The van der Waals surface area contributed by atoms with Crippen LogP contribution in [0.25, 0.3) is 11.1 Å². The SMILES string of the molecule is O=C(Cn1c2c(c(-c3cc(Cl)ccc3Cl)cc1=O)C(=O)CC2)Nc1ccc(C(=O)O)cc1. The Bertz CT molecular complexity index is 1330. The van der Waals surface area contributed by atoms with Gasteiger partial charge in [0.2, 0.25) is 5.91 Å². The molecule has 0 saturated heterocycles. The van der Waals surface area contributed by atoms with Crippen molar-refractivity contribution in [3.63, 3.8) is 0 Å². The van der Waals surface area contributed by atoms with Gasteiger partial charge in [-0.25, -0.2) is 4.79 Å². The Hall–Kier alpha value is -3.42. The molecule has 1 aliphatic carbocycles. The zero-order valence-electron chi connectivity index (χ0n) is 16.5. The minimum Gasteiger partial charge on any atom is -0.478 e. The van der Waals surface area contributed by atoms with Crippen molar-refractivity contribution in [1.82, 2.24) is 4.57 Å². The average Bonchev–Trinajstić information content (AvgIpc) is 3.13. The highest BCUT2D eigenvalue weighted by Crippen LogP contribution is 2.36. The van der Waals surface area contributed by atoms with Gasteiger partial charge in [0.15, 0.2) is 5.78 Å². The minimum absolute atomic E-state index is 0.0887.